The van der Waals surface area contributed by atoms with E-state index in [0.717, 1.165) is 20.7 Å². The van der Waals surface area contributed by atoms with Crippen LogP contribution in [0.15, 0.2) is 41.0 Å². The zero-order valence-corrected chi connectivity index (χ0v) is 13.2. The molecule has 0 amide bonds. The summed E-state index contributed by atoms with van der Waals surface area (Å²) < 4.78 is 7.25. The normalized spacial score (nSPS) is 10.7. The third kappa shape index (κ3) is 2.91. The number of hydrogen-bond acceptors (Lipinski definition) is 5. The van der Waals surface area contributed by atoms with Gasteiger partial charge in [-0.25, -0.2) is 9.97 Å². The first kappa shape index (κ1) is 13.3. The maximum absolute atomic E-state index is 5.04. The van der Waals surface area contributed by atoms with Gasteiger partial charge in [-0.2, -0.15) is 0 Å². The summed E-state index contributed by atoms with van der Waals surface area (Å²) in [6.07, 6.45) is 1.80. The minimum atomic E-state index is 0.624. The van der Waals surface area contributed by atoms with Gasteiger partial charge < -0.3 is 10.1 Å². The van der Waals surface area contributed by atoms with Crippen LogP contribution in [-0.4, -0.2) is 17.1 Å². The van der Waals surface area contributed by atoms with Gasteiger partial charge in [0.25, 0.3) is 0 Å². The summed E-state index contributed by atoms with van der Waals surface area (Å²) in [5, 5.41) is 4.23. The Morgan fingerprint density at radius 1 is 1.30 bits per heavy atom. The number of fused-ring (bicyclic) bond motifs is 1. The van der Waals surface area contributed by atoms with E-state index in [1.807, 2.05) is 24.3 Å². The van der Waals surface area contributed by atoms with Crippen molar-refractivity contribution in [1.29, 1.82) is 0 Å². The molecule has 1 N–H and O–H groups in total. The molecule has 2 heterocycles. The molecule has 3 aromatic rings. The molecule has 20 heavy (non-hydrogen) atoms. The highest BCUT2D eigenvalue weighted by Crippen LogP contribution is 2.28. The van der Waals surface area contributed by atoms with Crippen LogP contribution < -0.4 is 10.1 Å². The fraction of sp³-hybridized carbons (Fsp3) is 0.143. The molecule has 0 saturated carbocycles. The summed E-state index contributed by atoms with van der Waals surface area (Å²) in [6.45, 7) is 0.692. The highest BCUT2D eigenvalue weighted by molar-refractivity contribution is 9.10. The van der Waals surface area contributed by atoms with Gasteiger partial charge in [0, 0.05) is 23.3 Å². The second-order valence-electron chi connectivity index (χ2n) is 4.19. The van der Waals surface area contributed by atoms with Gasteiger partial charge in [0.05, 0.1) is 17.3 Å². The molecular formula is C14H12BrN3OS. The molecule has 6 heteroatoms. The summed E-state index contributed by atoms with van der Waals surface area (Å²) in [7, 11) is 1.61. The van der Waals surface area contributed by atoms with Crippen molar-refractivity contribution >= 4 is 42.6 Å². The standard InChI is InChI=1S/C14H12BrN3OS/c1-19-13-5-2-9(7-16-13)8-17-14-18-11-6-10(15)3-4-12(11)20-14/h2-7H,8H2,1H3,(H,17,18). The second kappa shape index (κ2) is 5.76. The van der Waals surface area contributed by atoms with Crippen LogP contribution in [0.5, 0.6) is 5.88 Å². The van der Waals surface area contributed by atoms with Crippen molar-refractivity contribution in [3.63, 3.8) is 0 Å². The van der Waals surface area contributed by atoms with E-state index in [1.165, 1.54) is 4.70 Å². The Morgan fingerprint density at radius 3 is 2.95 bits per heavy atom. The molecular weight excluding hydrogens is 338 g/mol. The molecule has 3 rings (SSSR count). The Kier molecular flexibility index (Phi) is 3.84. The smallest absolute Gasteiger partial charge is 0.212 e. The van der Waals surface area contributed by atoms with Gasteiger partial charge in [-0.1, -0.05) is 33.3 Å². The molecule has 0 aliphatic rings. The second-order valence-corrected chi connectivity index (χ2v) is 6.14. The van der Waals surface area contributed by atoms with E-state index in [4.69, 9.17) is 4.74 Å². The van der Waals surface area contributed by atoms with Crippen molar-refractivity contribution < 1.29 is 4.74 Å². The average molecular weight is 350 g/mol. The molecule has 102 valence electrons. The third-order valence-electron chi connectivity index (χ3n) is 2.80. The van der Waals surface area contributed by atoms with Gasteiger partial charge in [0.1, 0.15) is 0 Å². The highest BCUT2D eigenvalue weighted by Gasteiger charge is 2.04. The molecule has 0 bridgehead atoms. The minimum absolute atomic E-state index is 0.624. The molecule has 0 saturated heterocycles. The number of methoxy groups -OCH3 is 1. The maximum atomic E-state index is 5.04. The van der Waals surface area contributed by atoms with Gasteiger partial charge in [-0.15, -0.1) is 0 Å². The van der Waals surface area contributed by atoms with Crippen LogP contribution in [0.4, 0.5) is 5.13 Å². The molecule has 0 radical (unpaired) electrons. The largest absolute Gasteiger partial charge is 0.481 e. The van der Waals surface area contributed by atoms with Gasteiger partial charge >= 0.3 is 0 Å². The highest BCUT2D eigenvalue weighted by atomic mass is 79.9. The van der Waals surface area contributed by atoms with Crippen LogP contribution in [-0.2, 0) is 6.54 Å². The van der Waals surface area contributed by atoms with Gasteiger partial charge in [-0.3, -0.25) is 0 Å². The van der Waals surface area contributed by atoms with Gasteiger partial charge in [0.15, 0.2) is 5.13 Å². The molecule has 2 aromatic heterocycles. The van der Waals surface area contributed by atoms with Gasteiger partial charge in [0.2, 0.25) is 5.88 Å². The number of ether oxygens (including phenoxy) is 1. The van der Waals surface area contributed by atoms with Crippen molar-refractivity contribution in [2.75, 3.05) is 12.4 Å². The van der Waals surface area contributed by atoms with Crippen LogP contribution in [0.2, 0.25) is 0 Å². The van der Waals surface area contributed by atoms with E-state index in [-0.39, 0.29) is 0 Å². The van der Waals surface area contributed by atoms with Crippen LogP contribution in [0.3, 0.4) is 0 Å². The van der Waals surface area contributed by atoms with Gasteiger partial charge in [-0.05, 0) is 23.8 Å². The minimum Gasteiger partial charge on any atom is -0.481 e. The summed E-state index contributed by atoms with van der Waals surface area (Å²) in [5.74, 6) is 0.624. The monoisotopic (exact) mass is 349 g/mol. The first-order valence-corrected chi connectivity index (χ1v) is 7.64. The Hall–Kier alpha value is -1.66. The van der Waals surface area contributed by atoms with E-state index >= 15 is 0 Å². The van der Waals surface area contributed by atoms with Crippen molar-refractivity contribution in [2.45, 2.75) is 6.54 Å². The predicted molar refractivity (Wildman–Crippen MR) is 85.4 cm³/mol. The van der Waals surface area contributed by atoms with Crippen molar-refractivity contribution in [2.24, 2.45) is 0 Å². The van der Waals surface area contributed by atoms with Crippen LogP contribution in [0.25, 0.3) is 10.2 Å². The van der Waals surface area contributed by atoms with E-state index in [9.17, 15) is 0 Å². The van der Waals surface area contributed by atoms with Crippen molar-refractivity contribution in [3.8, 4) is 5.88 Å². The maximum Gasteiger partial charge on any atom is 0.212 e. The number of hydrogen-bond donors (Lipinski definition) is 1. The lowest BCUT2D eigenvalue weighted by molar-refractivity contribution is 0.397. The number of benzene rings is 1. The lowest BCUT2D eigenvalue weighted by atomic mass is 10.3. The van der Waals surface area contributed by atoms with Crippen molar-refractivity contribution in [3.05, 3.63) is 46.6 Å². The first-order valence-electron chi connectivity index (χ1n) is 6.03. The molecule has 0 aliphatic carbocycles. The lowest BCUT2D eigenvalue weighted by Crippen LogP contribution is -1.99. The number of anilines is 1. The number of pyridine rings is 1. The Balaban J connectivity index is 1.72. The Bertz CT molecular complexity index is 727. The molecule has 0 unspecified atom stereocenters. The SMILES string of the molecule is COc1ccc(CNc2nc3cc(Br)ccc3s2)cn1. The molecule has 0 aliphatic heterocycles. The Morgan fingerprint density at radius 2 is 2.20 bits per heavy atom. The average Bonchev–Trinajstić information content (AvgIpc) is 2.87. The van der Waals surface area contributed by atoms with Crippen molar-refractivity contribution in [1.82, 2.24) is 9.97 Å². The Labute approximate surface area is 129 Å². The number of rotatable bonds is 4. The number of thiazole rings is 1. The molecule has 4 nitrogen and oxygen atoms in total. The molecule has 1 aromatic carbocycles. The van der Waals surface area contributed by atoms with Crippen LogP contribution in [0, 0.1) is 0 Å². The van der Waals surface area contributed by atoms with Crippen LogP contribution >= 0.6 is 27.3 Å². The summed E-state index contributed by atoms with van der Waals surface area (Å²) >= 11 is 5.10. The molecule has 0 fully saturated rings. The summed E-state index contributed by atoms with van der Waals surface area (Å²) in [4.78, 5) is 8.73. The first-order chi connectivity index (χ1) is 9.74. The number of aromatic nitrogens is 2. The van der Waals surface area contributed by atoms with E-state index in [2.05, 4.69) is 37.3 Å². The fourth-order valence-electron chi connectivity index (χ4n) is 1.79. The van der Waals surface area contributed by atoms with E-state index in [0.29, 0.717) is 12.4 Å². The topological polar surface area (TPSA) is 47.0 Å². The summed E-state index contributed by atoms with van der Waals surface area (Å²) in [6, 6.07) is 9.95. The lowest BCUT2D eigenvalue weighted by Gasteiger charge is -2.03. The number of halogens is 1. The fourth-order valence-corrected chi connectivity index (χ4v) is 2.98. The number of nitrogens with zero attached hydrogens (tertiary/aromatic N) is 2. The molecule has 0 spiro atoms. The molecule has 0 atom stereocenters. The van der Waals surface area contributed by atoms with Crippen LogP contribution in [0.1, 0.15) is 5.56 Å². The van der Waals surface area contributed by atoms with E-state index in [1.54, 1.807) is 24.6 Å². The predicted octanol–water partition coefficient (Wildman–Crippen LogP) is 4.07. The zero-order chi connectivity index (χ0) is 13.9. The third-order valence-corrected chi connectivity index (χ3v) is 4.29. The summed E-state index contributed by atoms with van der Waals surface area (Å²) in [5.41, 5.74) is 2.09. The zero-order valence-electron chi connectivity index (χ0n) is 10.8. The quantitative estimate of drug-likeness (QED) is 0.770. The van der Waals surface area contributed by atoms with E-state index < -0.39 is 0 Å². The number of nitrogens with one attached hydrogen (secondary N) is 1.